The molecule has 9 heteroatoms. The number of hydrogen-bond acceptors (Lipinski definition) is 6. The largest absolute Gasteiger partial charge is 0.339 e. The molecule has 1 N–H and O–H groups in total. The first kappa shape index (κ1) is 23.6. The molecule has 0 fully saturated rings. The lowest BCUT2D eigenvalue weighted by Gasteiger charge is -2.13. The van der Waals surface area contributed by atoms with Gasteiger partial charge in [-0.05, 0) is 36.0 Å². The number of carbonyl (C=O) groups excluding carboxylic acids is 2. The van der Waals surface area contributed by atoms with Crippen molar-refractivity contribution in [1.82, 2.24) is 19.7 Å². The number of hydrogen-bond donors (Lipinski definition) is 1. The molecule has 0 atom stereocenters. The fraction of sp³-hybridized carbons (Fsp3) is 0.120. The Hall–Kier alpha value is -3.56. The lowest BCUT2D eigenvalue weighted by molar-refractivity contribution is -0.113. The molecule has 2 amide bonds. The molecule has 0 saturated carbocycles. The summed E-state index contributed by atoms with van der Waals surface area (Å²) < 4.78 is 1.95. The van der Waals surface area contributed by atoms with Crippen LogP contribution in [-0.4, -0.2) is 50.7 Å². The van der Waals surface area contributed by atoms with Crippen LogP contribution in [0.3, 0.4) is 0 Å². The number of thioether (sulfide) groups is 2. The van der Waals surface area contributed by atoms with E-state index in [0.29, 0.717) is 21.6 Å². The predicted molar refractivity (Wildman–Crippen MR) is 138 cm³/mol. The SMILES string of the molecule is CN(C)C(=O)Sc1ccccc1NC(=O)CSc1nnc(-c2ccccc2)n1-c1ccccc1. The number of amides is 2. The van der Waals surface area contributed by atoms with Crippen LogP contribution in [0.2, 0.25) is 0 Å². The zero-order valence-electron chi connectivity index (χ0n) is 18.7. The highest BCUT2D eigenvalue weighted by Gasteiger charge is 2.18. The summed E-state index contributed by atoms with van der Waals surface area (Å²) in [6.45, 7) is 0. The van der Waals surface area contributed by atoms with Crippen LogP contribution in [0.4, 0.5) is 10.5 Å². The average Bonchev–Trinajstić information content (AvgIpc) is 3.29. The molecular weight excluding hydrogens is 466 g/mol. The maximum atomic E-state index is 12.8. The Balaban J connectivity index is 1.52. The molecule has 0 aliphatic rings. The van der Waals surface area contributed by atoms with Gasteiger partial charge in [-0.1, -0.05) is 72.4 Å². The molecular formula is C25H23N5O2S2. The number of para-hydroxylation sites is 2. The average molecular weight is 490 g/mol. The number of nitrogens with one attached hydrogen (secondary N) is 1. The van der Waals surface area contributed by atoms with Gasteiger partial charge in [-0.15, -0.1) is 10.2 Å². The van der Waals surface area contributed by atoms with Gasteiger partial charge >= 0.3 is 0 Å². The summed E-state index contributed by atoms with van der Waals surface area (Å²) in [5.74, 6) is 0.651. The summed E-state index contributed by atoms with van der Waals surface area (Å²) >= 11 is 2.38. The monoisotopic (exact) mass is 489 g/mol. The second-order valence-electron chi connectivity index (χ2n) is 7.44. The molecule has 0 aliphatic carbocycles. The molecule has 0 saturated heterocycles. The summed E-state index contributed by atoms with van der Waals surface area (Å²) in [6.07, 6.45) is 0. The molecule has 4 rings (SSSR count). The third-order valence-corrected chi connectivity index (χ3v) is 6.78. The van der Waals surface area contributed by atoms with Gasteiger partial charge in [0.25, 0.3) is 5.24 Å². The van der Waals surface area contributed by atoms with Crippen molar-refractivity contribution in [3.05, 3.63) is 84.9 Å². The summed E-state index contributed by atoms with van der Waals surface area (Å²) in [4.78, 5) is 27.1. The molecule has 0 bridgehead atoms. The second kappa shape index (κ2) is 11.0. The number of benzene rings is 3. The van der Waals surface area contributed by atoms with E-state index in [1.54, 1.807) is 20.2 Å². The Morgan fingerprint density at radius 3 is 2.24 bits per heavy atom. The summed E-state index contributed by atoms with van der Waals surface area (Å²) in [7, 11) is 3.39. The summed E-state index contributed by atoms with van der Waals surface area (Å²) in [5, 5.41) is 12.2. The zero-order chi connectivity index (χ0) is 23.9. The Morgan fingerprint density at radius 2 is 1.53 bits per heavy atom. The van der Waals surface area contributed by atoms with Gasteiger partial charge in [0.05, 0.1) is 11.4 Å². The Labute approximate surface area is 206 Å². The van der Waals surface area contributed by atoms with E-state index in [0.717, 1.165) is 23.0 Å². The highest BCUT2D eigenvalue weighted by atomic mass is 32.2. The van der Waals surface area contributed by atoms with Crippen molar-refractivity contribution >= 4 is 40.4 Å². The van der Waals surface area contributed by atoms with Crippen LogP contribution in [0.25, 0.3) is 17.1 Å². The molecule has 0 spiro atoms. The minimum atomic E-state index is -0.195. The van der Waals surface area contributed by atoms with Gasteiger partial charge in [-0.3, -0.25) is 14.2 Å². The minimum absolute atomic E-state index is 0.111. The van der Waals surface area contributed by atoms with Crippen molar-refractivity contribution in [3.8, 4) is 17.1 Å². The molecule has 1 heterocycles. The quantitative estimate of drug-likeness (QED) is 0.348. The molecule has 0 aliphatic heterocycles. The summed E-state index contributed by atoms with van der Waals surface area (Å²) in [5.41, 5.74) is 2.45. The number of carbonyl (C=O) groups is 2. The zero-order valence-corrected chi connectivity index (χ0v) is 20.3. The van der Waals surface area contributed by atoms with Crippen LogP contribution in [-0.2, 0) is 4.79 Å². The van der Waals surface area contributed by atoms with Crippen molar-refractivity contribution in [2.45, 2.75) is 10.1 Å². The molecule has 4 aromatic rings. The highest BCUT2D eigenvalue weighted by Crippen LogP contribution is 2.30. The Kier molecular flexibility index (Phi) is 7.66. The lowest BCUT2D eigenvalue weighted by atomic mass is 10.2. The van der Waals surface area contributed by atoms with E-state index in [-0.39, 0.29) is 16.9 Å². The van der Waals surface area contributed by atoms with Crippen LogP contribution in [0, 0.1) is 0 Å². The number of anilines is 1. The van der Waals surface area contributed by atoms with E-state index in [9.17, 15) is 9.59 Å². The van der Waals surface area contributed by atoms with Gasteiger partial charge in [0.15, 0.2) is 11.0 Å². The van der Waals surface area contributed by atoms with E-state index in [4.69, 9.17) is 0 Å². The van der Waals surface area contributed by atoms with Crippen LogP contribution in [0.15, 0.2) is 95.0 Å². The normalized spacial score (nSPS) is 10.6. The van der Waals surface area contributed by atoms with Crippen LogP contribution < -0.4 is 5.32 Å². The molecule has 1 aromatic heterocycles. The lowest BCUT2D eigenvalue weighted by Crippen LogP contribution is -2.18. The highest BCUT2D eigenvalue weighted by molar-refractivity contribution is 8.13. The summed E-state index contributed by atoms with van der Waals surface area (Å²) in [6, 6.07) is 26.9. The smallest absolute Gasteiger partial charge is 0.286 e. The van der Waals surface area contributed by atoms with Gasteiger partial charge in [-0.25, -0.2) is 0 Å². The van der Waals surface area contributed by atoms with E-state index >= 15 is 0 Å². The predicted octanol–water partition coefficient (Wildman–Crippen LogP) is 5.44. The van der Waals surface area contributed by atoms with Crippen LogP contribution in [0.1, 0.15) is 0 Å². The first-order valence-corrected chi connectivity index (χ1v) is 12.3. The van der Waals surface area contributed by atoms with Crippen molar-refractivity contribution < 1.29 is 9.59 Å². The van der Waals surface area contributed by atoms with Gasteiger partial charge < -0.3 is 10.2 Å². The number of rotatable bonds is 7. The topological polar surface area (TPSA) is 80.1 Å². The minimum Gasteiger partial charge on any atom is -0.339 e. The first-order chi connectivity index (χ1) is 16.5. The Bertz CT molecular complexity index is 1280. The maximum Gasteiger partial charge on any atom is 0.286 e. The molecule has 7 nitrogen and oxygen atoms in total. The third kappa shape index (κ3) is 5.67. The Morgan fingerprint density at radius 1 is 0.882 bits per heavy atom. The molecule has 3 aromatic carbocycles. The standard InChI is InChI=1S/C25H23N5O2S2/c1-29(2)25(32)34-21-16-10-9-15-20(21)26-22(31)17-33-24-28-27-23(18-11-5-3-6-12-18)30(24)19-13-7-4-8-14-19/h3-16H,17H2,1-2H3,(H,26,31). The van der Waals surface area contributed by atoms with Crippen molar-refractivity contribution in [3.63, 3.8) is 0 Å². The number of aromatic nitrogens is 3. The second-order valence-corrected chi connectivity index (χ2v) is 9.37. The maximum absolute atomic E-state index is 12.8. The molecule has 0 radical (unpaired) electrons. The van der Waals surface area contributed by atoms with Crippen molar-refractivity contribution in [1.29, 1.82) is 0 Å². The fourth-order valence-corrected chi connectivity index (χ4v) is 4.61. The van der Waals surface area contributed by atoms with E-state index < -0.39 is 0 Å². The van der Waals surface area contributed by atoms with Gasteiger partial charge in [0.2, 0.25) is 5.91 Å². The van der Waals surface area contributed by atoms with Gasteiger partial charge in [0.1, 0.15) is 0 Å². The van der Waals surface area contributed by atoms with Crippen LogP contribution in [0.5, 0.6) is 0 Å². The van der Waals surface area contributed by atoms with Gasteiger partial charge in [0, 0.05) is 30.2 Å². The van der Waals surface area contributed by atoms with E-state index in [2.05, 4.69) is 15.5 Å². The fourth-order valence-electron chi connectivity index (χ4n) is 3.11. The van der Waals surface area contributed by atoms with Crippen molar-refractivity contribution in [2.75, 3.05) is 25.2 Å². The first-order valence-electron chi connectivity index (χ1n) is 10.5. The molecule has 34 heavy (non-hydrogen) atoms. The number of nitrogens with zero attached hydrogens (tertiary/aromatic N) is 4. The molecule has 172 valence electrons. The molecule has 0 unspecified atom stereocenters. The van der Waals surface area contributed by atoms with E-state index in [1.807, 2.05) is 83.4 Å². The van der Waals surface area contributed by atoms with Crippen LogP contribution >= 0.6 is 23.5 Å². The van der Waals surface area contributed by atoms with E-state index in [1.165, 1.54) is 16.7 Å². The third-order valence-electron chi connectivity index (χ3n) is 4.74. The van der Waals surface area contributed by atoms with Crippen molar-refractivity contribution in [2.24, 2.45) is 0 Å². The van der Waals surface area contributed by atoms with Gasteiger partial charge in [-0.2, -0.15) is 0 Å².